The Morgan fingerprint density at radius 2 is 1.74 bits per heavy atom. The minimum Gasteiger partial charge on any atom is -0.351 e. The molecule has 0 saturated heterocycles. The highest BCUT2D eigenvalue weighted by molar-refractivity contribution is 9.10. The standard InChI is InChI=1S/C25H25BrN6OS/c1-17-15-18(2)29-25(28-17)34-16-22-23(30-31-32(22)21-12-10-20(26)11-13-21)24(33)27-14-6-9-19-7-4-3-5-8-19/h3-5,7-8,10-13,15H,6,9,14,16H2,1-2H3,(H,27,33). The highest BCUT2D eigenvalue weighted by atomic mass is 79.9. The number of carbonyl (C=O) groups excluding carboxylic acids is 1. The molecule has 0 saturated carbocycles. The molecule has 2 heterocycles. The summed E-state index contributed by atoms with van der Waals surface area (Å²) >= 11 is 4.93. The first-order chi connectivity index (χ1) is 16.5. The van der Waals surface area contributed by atoms with E-state index in [9.17, 15) is 4.79 Å². The second-order valence-corrected chi connectivity index (χ2v) is 9.70. The van der Waals surface area contributed by atoms with E-state index >= 15 is 0 Å². The van der Waals surface area contributed by atoms with Gasteiger partial charge in [0.2, 0.25) is 0 Å². The Labute approximate surface area is 211 Å². The zero-order valence-corrected chi connectivity index (χ0v) is 21.4. The number of benzene rings is 2. The maximum absolute atomic E-state index is 13.0. The van der Waals surface area contributed by atoms with Crippen molar-refractivity contribution in [3.05, 3.63) is 93.5 Å². The number of nitrogens with one attached hydrogen (secondary N) is 1. The number of rotatable bonds is 9. The summed E-state index contributed by atoms with van der Waals surface area (Å²) in [4.78, 5) is 22.0. The summed E-state index contributed by atoms with van der Waals surface area (Å²) in [5.74, 6) is 0.229. The third-order valence-electron chi connectivity index (χ3n) is 5.12. The average molecular weight is 537 g/mol. The van der Waals surface area contributed by atoms with Crippen LogP contribution in [0.25, 0.3) is 5.69 Å². The van der Waals surface area contributed by atoms with E-state index in [2.05, 4.69) is 53.7 Å². The normalized spacial score (nSPS) is 10.9. The minimum atomic E-state index is -0.228. The van der Waals surface area contributed by atoms with Crippen molar-refractivity contribution in [2.24, 2.45) is 0 Å². The van der Waals surface area contributed by atoms with Gasteiger partial charge in [-0.25, -0.2) is 14.6 Å². The van der Waals surface area contributed by atoms with Crippen LogP contribution in [0.1, 0.15) is 39.6 Å². The molecule has 4 aromatic rings. The van der Waals surface area contributed by atoms with E-state index in [1.807, 2.05) is 62.4 Å². The Bertz CT molecular complexity index is 1240. The Kier molecular flexibility index (Phi) is 8.08. The lowest BCUT2D eigenvalue weighted by atomic mass is 10.1. The number of nitrogens with zero attached hydrogens (tertiary/aromatic N) is 5. The van der Waals surface area contributed by atoms with Crippen molar-refractivity contribution < 1.29 is 4.79 Å². The van der Waals surface area contributed by atoms with Gasteiger partial charge in [-0.15, -0.1) is 5.10 Å². The Hall–Kier alpha value is -3.04. The van der Waals surface area contributed by atoms with E-state index in [4.69, 9.17) is 0 Å². The van der Waals surface area contributed by atoms with Gasteiger partial charge in [-0.3, -0.25) is 4.79 Å². The summed E-state index contributed by atoms with van der Waals surface area (Å²) in [5.41, 5.74) is 4.92. The van der Waals surface area contributed by atoms with Crippen LogP contribution >= 0.6 is 27.7 Å². The van der Waals surface area contributed by atoms with E-state index in [1.54, 1.807) is 4.68 Å². The molecule has 0 aliphatic heterocycles. The van der Waals surface area contributed by atoms with Gasteiger partial charge in [0.1, 0.15) is 0 Å². The fourth-order valence-corrected chi connectivity index (χ4v) is 4.72. The highest BCUT2D eigenvalue weighted by Gasteiger charge is 2.21. The molecular formula is C25H25BrN6OS. The van der Waals surface area contributed by atoms with Crippen LogP contribution in [0, 0.1) is 13.8 Å². The summed E-state index contributed by atoms with van der Waals surface area (Å²) in [5, 5.41) is 12.2. The van der Waals surface area contributed by atoms with Gasteiger partial charge in [-0.2, -0.15) is 0 Å². The van der Waals surface area contributed by atoms with Crippen LogP contribution < -0.4 is 5.32 Å². The second-order valence-electron chi connectivity index (χ2n) is 7.84. The molecule has 2 aromatic carbocycles. The lowest BCUT2D eigenvalue weighted by Gasteiger charge is -2.09. The molecule has 1 amide bonds. The van der Waals surface area contributed by atoms with Crippen LogP contribution in [0.15, 0.2) is 70.3 Å². The summed E-state index contributed by atoms with van der Waals surface area (Å²) in [7, 11) is 0. The Morgan fingerprint density at radius 1 is 1.03 bits per heavy atom. The number of amides is 1. The fraction of sp³-hybridized carbons (Fsp3) is 0.240. The fourth-order valence-electron chi connectivity index (χ4n) is 3.51. The number of aromatic nitrogens is 5. The summed E-state index contributed by atoms with van der Waals surface area (Å²) in [6.07, 6.45) is 1.75. The molecule has 0 atom stereocenters. The van der Waals surface area contributed by atoms with Crippen molar-refractivity contribution >= 4 is 33.6 Å². The number of hydrogen-bond acceptors (Lipinski definition) is 6. The summed E-state index contributed by atoms with van der Waals surface area (Å²) in [6.45, 7) is 4.45. The molecule has 0 aliphatic rings. The van der Waals surface area contributed by atoms with E-state index in [0.717, 1.165) is 34.4 Å². The quantitative estimate of drug-likeness (QED) is 0.182. The molecule has 0 aliphatic carbocycles. The highest BCUT2D eigenvalue weighted by Crippen LogP contribution is 2.24. The van der Waals surface area contributed by atoms with Crippen LogP contribution in [0.2, 0.25) is 0 Å². The molecule has 7 nitrogen and oxygen atoms in total. The average Bonchev–Trinajstić information content (AvgIpc) is 3.25. The zero-order valence-electron chi connectivity index (χ0n) is 19.0. The second kappa shape index (κ2) is 11.4. The molecular weight excluding hydrogens is 512 g/mol. The van der Waals surface area contributed by atoms with Crippen molar-refractivity contribution in [3.63, 3.8) is 0 Å². The summed E-state index contributed by atoms with van der Waals surface area (Å²) < 4.78 is 2.67. The predicted octanol–water partition coefficient (Wildman–Crippen LogP) is 5.09. The van der Waals surface area contributed by atoms with Gasteiger partial charge in [-0.05, 0) is 62.6 Å². The van der Waals surface area contributed by atoms with Crippen LogP contribution in [0.3, 0.4) is 0 Å². The smallest absolute Gasteiger partial charge is 0.273 e. The molecule has 0 fully saturated rings. The number of carbonyl (C=O) groups is 1. The molecule has 4 rings (SSSR count). The van der Waals surface area contributed by atoms with Crippen LogP contribution in [0.4, 0.5) is 0 Å². The monoisotopic (exact) mass is 536 g/mol. The number of hydrogen-bond donors (Lipinski definition) is 1. The number of halogens is 1. The van der Waals surface area contributed by atoms with Crippen molar-refractivity contribution in [1.29, 1.82) is 0 Å². The van der Waals surface area contributed by atoms with E-state index in [-0.39, 0.29) is 5.91 Å². The van der Waals surface area contributed by atoms with Gasteiger partial charge < -0.3 is 5.32 Å². The molecule has 0 spiro atoms. The van der Waals surface area contributed by atoms with Crippen molar-refractivity contribution in [2.45, 2.75) is 37.6 Å². The first kappa shape index (κ1) is 24.1. The molecule has 1 N–H and O–H groups in total. The maximum Gasteiger partial charge on any atom is 0.273 e. The van der Waals surface area contributed by atoms with E-state index < -0.39 is 0 Å². The van der Waals surface area contributed by atoms with Crippen LogP contribution in [0.5, 0.6) is 0 Å². The predicted molar refractivity (Wildman–Crippen MR) is 137 cm³/mol. The first-order valence-corrected chi connectivity index (χ1v) is 12.7. The van der Waals surface area contributed by atoms with Gasteiger partial charge in [0.25, 0.3) is 5.91 Å². The lowest BCUT2D eigenvalue weighted by Crippen LogP contribution is -2.26. The van der Waals surface area contributed by atoms with Crippen LogP contribution in [-0.2, 0) is 12.2 Å². The molecule has 0 bridgehead atoms. The van der Waals surface area contributed by atoms with Crippen molar-refractivity contribution in [2.75, 3.05) is 6.54 Å². The molecule has 34 heavy (non-hydrogen) atoms. The molecule has 0 radical (unpaired) electrons. The minimum absolute atomic E-state index is 0.228. The van der Waals surface area contributed by atoms with Crippen molar-refractivity contribution in [3.8, 4) is 5.69 Å². The number of aryl methyl sites for hydroxylation is 3. The van der Waals surface area contributed by atoms with Gasteiger partial charge in [0, 0.05) is 28.2 Å². The van der Waals surface area contributed by atoms with E-state index in [0.29, 0.717) is 28.8 Å². The number of thioether (sulfide) groups is 1. The Morgan fingerprint density at radius 3 is 2.44 bits per heavy atom. The molecule has 9 heteroatoms. The largest absolute Gasteiger partial charge is 0.351 e. The topological polar surface area (TPSA) is 85.6 Å². The van der Waals surface area contributed by atoms with Gasteiger partial charge in [0.05, 0.1) is 11.4 Å². The van der Waals surface area contributed by atoms with Gasteiger partial charge in [-0.1, -0.05) is 63.2 Å². The van der Waals surface area contributed by atoms with Crippen molar-refractivity contribution in [1.82, 2.24) is 30.3 Å². The van der Waals surface area contributed by atoms with E-state index in [1.165, 1.54) is 17.3 Å². The SMILES string of the molecule is Cc1cc(C)nc(SCc2c(C(=O)NCCCc3ccccc3)nnn2-c2ccc(Br)cc2)n1. The zero-order chi connectivity index (χ0) is 23.9. The van der Waals surface area contributed by atoms with Gasteiger partial charge >= 0.3 is 0 Å². The van der Waals surface area contributed by atoms with Gasteiger partial charge in [0.15, 0.2) is 10.9 Å². The molecule has 2 aromatic heterocycles. The van der Waals surface area contributed by atoms with Crippen LogP contribution in [-0.4, -0.2) is 37.4 Å². The molecule has 0 unspecified atom stereocenters. The maximum atomic E-state index is 13.0. The first-order valence-electron chi connectivity index (χ1n) is 11.0. The Balaban J connectivity index is 1.51. The third-order valence-corrected chi connectivity index (χ3v) is 6.51. The molecule has 174 valence electrons. The lowest BCUT2D eigenvalue weighted by molar-refractivity contribution is 0.0947. The third kappa shape index (κ3) is 6.30. The summed E-state index contributed by atoms with van der Waals surface area (Å²) in [6, 6.07) is 19.9.